The van der Waals surface area contributed by atoms with Gasteiger partial charge in [-0.1, -0.05) is 84.9 Å². The van der Waals surface area contributed by atoms with Gasteiger partial charge in [0.1, 0.15) is 11.2 Å². The van der Waals surface area contributed by atoms with Gasteiger partial charge in [-0.25, -0.2) is 0 Å². The smallest absolute Gasteiger partial charge is 0.137 e. The number of anilines is 6. The third-order valence-corrected chi connectivity index (χ3v) is 11.8. The summed E-state index contributed by atoms with van der Waals surface area (Å²) < 4.78 is 45.2. The quantitative estimate of drug-likeness (QED) is 0.0519. The Bertz CT molecular complexity index is 2090. The minimum Gasteiger partial charge on any atom is -0.378 e. The van der Waals surface area contributed by atoms with E-state index in [0.29, 0.717) is 79.3 Å². The van der Waals surface area contributed by atoms with E-state index in [1.807, 2.05) is 12.1 Å². The van der Waals surface area contributed by atoms with Crippen molar-refractivity contribution in [3.05, 3.63) is 169 Å². The molecule has 0 N–H and O–H groups in total. The molecular weight excluding hydrogens is 805 g/mol. The average molecular weight is 865 g/mol. The minimum absolute atomic E-state index is 0.275. The second-order valence-corrected chi connectivity index (χ2v) is 16.4. The van der Waals surface area contributed by atoms with Gasteiger partial charge in [-0.2, -0.15) is 0 Å². The van der Waals surface area contributed by atoms with Crippen molar-refractivity contribution in [2.75, 3.05) is 90.1 Å². The molecule has 0 unspecified atom stereocenters. The molecule has 10 heteroatoms. The number of hydrogen-bond donors (Lipinski definition) is 0. The van der Waals surface area contributed by atoms with Crippen LogP contribution >= 0.6 is 0 Å². The number of hydrogen-bond acceptors (Lipinski definition) is 10. The summed E-state index contributed by atoms with van der Waals surface area (Å²) in [7, 11) is 3.42. The molecule has 6 aromatic rings. The second-order valence-electron chi connectivity index (χ2n) is 16.4. The van der Waals surface area contributed by atoms with E-state index in [9.17, 15) is 0 Å². The van der Waals surface area contributed by atoms with E-state index in [-0.39, 0.29) is 11.2 Å². The summed E-state index contributed by atoms with van der Waals surface area (Å²) in [4.78, 5) is 4.56. The highest BCUT2D eigenvalue weighted by Gasteiger charge is 2.39. The number of benzene rings is 6. The lowest BCUT2D eigenvalue weighted by Crippen LogP contribution is -2.54. The standard InChI is InChI=1S/C54H60N2O8/c1-57-53(39-63-40-53)37-61-33-9-31-59-35-43-15-23-49(24-16-43)55(47-11-5-3-6-12-47)51-27-19-45(20-28-51)46-21-29-52(30-22-46)56(48-13-7-4-8-14-48)50-25-17-44(18-26-50)36-60-32-10-34-62-38-54(58-2)41-64-42-54/h3-8,11-30H,9-10,31-42H2,1-2H3. The summed E-state index contributed by atoms with van der Waals surface area (Å²) in [6, 6.07) is 55.8. The summed E-state index contributed by atoms with van der Waals surface area (Å²) in [5, 5.41) is 0. The Balaban J connectivity index is 0.871. The van der Waals surface area contributed by atoms with Crippen LogP contribution in [0.3, 0.4) is 0 Å². The molecule has 0 aromatic heterocycles. The van der Waals surface area contributed by atoms with Crippen LogP contribution in [0, 0.1) is 0 Å². The fourth-order valence-electron chi connectivity index (χ4n) is 7.74. The molecule has 0 radical (unpaired) electrons. The van der Waals surface area contributed by atoms with Crippen LogP contribution in [-0.4, -0.2) is 91.5 Å². The van der Waals surface area contributed by atoms with Gasteiger partial charge < -0.3 is 47.7 Å². The zero-order chi connectivity index (χ0) is 43.9. The van der Waals surface area contributed by atoms with E-state index in [2.05, 4.69) is 155 Å². The van der Waals surface area contributed by atoms with Gasteiger partial charge in [0.2, 0.25) is 0 Å². The first kappa shape index (κ1) is 45.2. The SMILES string of the molecule is COC1(COCCCOCc2ccc(N(c3ccccc3)c3ccc(-c4ccc(N(c5ccccc5)c5ccc(COCCCOCC6(OC)COC6)cc5)cc4)cc3)cc2)COC1. The molecule has 2 saturated heterocycles. The van der Waals surface area contributed by atoms with Gasteiger partial charge in [-0.05, 0) is 108 Å². The van der Waals surface area contributed by atoms with Gasteiger partial charge in [0.25, 0.3) is 0 Å². The molecule has 0 atom stereocenters. The maximum absolute atomic E-state index is 5.98. The first-order chi connectivity index (χ1) is 31.6. The van der Waals surface area contributed by atoms with Gasteiger partial charge in [-0.15, -0.1) is 0 Å². The third-order valence-electron chi connectivity index (χ3n) is 11.8. The van der Waals surface area contributed by atoms with Crippen molar-refractivity contribution in [1.82, 2.24) is 0 Å². The summed E-state index contributed by atoms with van der Waals surface area (Å²) in [6.45, 7) is 7.09. The summed E-state index contributed by atoms with van der Waals surface area (Å²) >= 11 is 0. The second kappa shape index (κ2) is 22.5. The van der Waals surface area contributed by atoms with Crippen molar-refractivity contribution in [1.29, 1.82) is 0 Å². The fourth-order valence-corrected chi connectivity index (χ4v) is 7.74. The Morgan fingerprint density at radius 3 is 1.02 bits per heavy atom. The normalized spacial score (nSPS) is 15.0. The van der Waals surface area contributed by atoms with Crippen LogP contribution in [0.1, 0.15) is 24.0 Å². The van der Waals surface area contributed by atoms with Gasteiger partial charge in [-0.3, -0.25) is 0 Å². The van der Waals surface area contributed by atoms with E-state index in [1.165, 1.54) is 0 Å². The third kappa shape index (κ3) is 11.6. The van der Waals surface area contributed by atoms with Crippen molar-refractivity contribution < 1.29 is 37.9 Å². The highest BCUT2D eigenvalue weighted by Crippen LogP contribution is 2.38. The van der Waals surface area contributed by atoms with Crippen LogP contribution < -0.4 is 9.80 Å². The number of rotatable bonds is 25. The Hall–Kier alpha value is -5.40. The highest BCUT2D eigenvalue weighted by molar-refractivity contribution is 5.80. The first-order valence-electron chi connectivity index (χ1n) is 22.2. The molecule has 2 aliphatic rings. The monoisotopic (exact) mass is 864 g/mol. The van der Waals surface area contributed by atoms with Gasteiger partial charge in [0.05, 0.1) is 52.9 Å². The summed E-state index contributed by atoms with van der Waals surface area (Å²) in [5.74, 6) is 0. The van der Waals surface area contributed by atoms with Crippen LogP contribution in [0.4, 0.5) is 34.1 Å². The Morgan fingerprint density at radius 2 is 0.703 bits per heavy atom. The number of methoxy groups -OCH3 is 2. The van der Waals surface area contributed by atoms with Crippen LogP contribution in [0.25, 0.3) is 11.1 Å². The molecule has 0 saturated carbocycles. The summed E-state index contributed by atoms with van der Waals surface area (Å²) in [5.41, 5.74) is 10.5. The molecule has 0 bridgehead atoms. The first-order valence-corrected chi connectivity index (χ1v) is 22.2. The van der Waals surface area contributed by atoms with E-state index in [1.54, 1.807) is 14.2 Å². The van der Waals surface area contributed by atoms with Crippen LogP contribution in [0.15, 0.2) is 158 Å². The number of para-hydroxylation sites is 2. The van der Waals surface area contributed by atoms with Crippen LogP contribution in [0.2, 0.25) is 0 Å². The predicted octanol–water partition coefficient (Wildman–Crippen LogP) is 11.0. The predicted molar refractivity (Wildman–Crippen MR) is 253 cm³/mol. The molecule has 10 nitrogen and oxygen atoms in total. The number of nitrogens with zero attached hydrogens (tertiary/aromatic N) is 2. The molecule has 6 aromatic carbocycles. The Labute approximate surface area is 378 Å². The number of ether oxygens (including phenoxy) is 8. The zero-order valence-electron chi connectivity index (χ0n) is 37.1. The Kier molecular flexibility index (Phi) is 15.9. The Morgan fingerprint density at radius 1 is 0.391 bits per heavy atom. The van der Waals surface area contributed by atoms with Crippen molar-refractivity contribution in [3.8, 4) is 11.1 Å². The van der Waals surface area contributed by atoms with Crippen molar-refractivity contribution >= 4 is 34.1 Å². The zero-order valence-corrected chi connectivity index (χ0v) is 37.1. The average Bonchev–Trinajstić information content (AvgIpc) is 3.32. The molecule has 64 heavy (non-hydrogen) atoms. The maximum Gasteiger partial charge on any atom is 0.137 e. The van der Waals surface area contributed by atoms with E-state index >= 15 is 0 Å². The lowest BCUT2D eigenvalue weighted by atomic mass is 10.0. The maximum atomic E-state index is 5.98. The highest BCUT2D eigenvalue weighted by atomic mass is 16.6. The topological polar surface area (TPSA) is 80.3 Å². The molecule has 8 rings (SSSR count). The fraction of sp³-hybridized carbons (Fsp3) is 0.333. The van der Waals surface area contributed by atoms with Gasteiger partial charge >= 0.3 is 0 Å². The van der Waals surface area contributed by atoms with Gasteiger partial charge in [0, 0.05) is 74.8 Å². The van der Waals surface area contributed by atoms with Crippen LogP contribution in [-0.2, 0) is 51.1 Å². The van der Waals surface area contributed by atoms with Crippen LogP contribution in [0.5, 0.6) is 0 Å². The molecule has 334 valence electrons. The molecule has 0 amide bonds. The molecule has 0 aliphatic carbocycles. The largest absolute Gasteiger partial charge is 0.378 e. The van der Waals surface area contributed by atoms with E-state index in [4.69, 9.17) is 37.9 Å². The van der Waals surface area contributed by atoms with Gasteiger partial charge in [0.15, 0.2) is 0 Å². The summed E-state index contributed by atoms with van der Waals surface area (Å²) in [6.07, 6.45) is 1.65. The molecule has 2 heterocycles. The van der Waals surface area contributed by atoms with E-state index < -0.39 is 0 Å². The lowest BCUT2D eigenvalue weighted by molar-refractivity contribution is -0.220. The van der Waals surface area contributed by atoms with Crippen molar-refractivity contribution in [3.63, 3.8) is 0 Å². The van der Waals surface area contributed by atoms with Crippen molar-refractivity contribution in [2.24, 2.45) is 0 Å². The van der Waals surface area contributed by atoms with Crippen molar-refractivity contribution in [2.45, 2.75) is 37.3 Å². The molecule has 0 spiro atoms. The molecule has 2 aliphatic heterocycles. The lowest BCUT2D eigenvalue weighted by Gasteiger charge is -2.39. The molecule has 2 fully saturated rings. The van der Waals surface area contributed by atoms with E-state index in [0.717, 1.165) is 69.2 Å². The minimum atomic E-state index is -0.275. The molecular formula is C54H60N2O8.